The molecule has 0 aliphatic carbocycles. The first-order valence-corrected chi connectivity index (χ1v) is 10.9. The topological polar surface area (TPSA) is 81.3 Å². The van der Waals surface area contributed by atoms with Crippen LogP contribution in [0.3, 0.4) is 0 Å². The molecule has 9 heteroatoms. The highest BCUT2D eigenvalue weighted by molar-refractivity contribution is 7.99. The average Bonchev–Trinajstić information content (AvgIpc) is 3.13. The lowest BCUT2D eigenvalue weighted by atomic mass is 10.2. The SMILES string of the molecule is Cc1cccc(NC(=O)CSc2nnc3n(CC(C)C)c(=O)c4cc(F)ccc4n23)c1. The second kappa shape index (κ2) is 8.50. The molecule has 4 aromatic rings. The highest BCUT2D eigenvalue weighted by Gasteiger charge is 2.18. The van der Waals surface area contributed by atoms with Gasteiger partial charge in [0.15, 0.2) is 5.16 Å². The predicted molar refractivity (Wildman–Crippen MR) is 120 cm³/mol. The summed E-state index contributed by atoms with van der Waals surface area (Å²) in [6, 6.07) is 11.6. The predicted octanol–water partition coefficient (Wildman–Crippen LogP) is 3.88. The van der Waals surface area contributed by atoms with E-state index in [1.165, 1.54) is 28.5 Å². The van der Waals surface area contributed by atoms with Crippen LogP contribution in [-0.2, 0) is 11.3 Å². The van der Waals surface area contributed by atoms with Crippen molar-refractivity contribution in [3.63, 3.8) is 0 Å². The molecule has 0 spiro atoms. The van der Waals surface area contributed by atoms with E-state index in [0.717, 1.165) is 11.3 Å². The van der Waals surface area contributed by atoms with E-state index in [9.17, 15) is 14.0 Å². The van der Waals surface area contributed by atoms with Gasteiger partial charge in [0.2, 0.25) is 11.7 Å². The molecule has 0 saturated carbocycles. The molecular weight excluding hydrogens is 417 g/mol. The zero-order chi connectivity index (χ0) is 22.1. The summed E-state index contributed by atoms with van der Waals surface area (Å²) in [5.41, 5.74) is 1.98. The van der Waals surface area contributed by atoms with Gasteiger partial charge >= 0.3 is 0 Å². The minimum atomic E-state index is -0.486. The molecule has 7 nitrogen and oxygen atoms in total. The number of amides is 1. The van der Waals surface area contributed by atoms with Gasteiger partial charge < -0.3 is 5.32 Å². The summed E-state index contributed by atoms with van der Waals surface area (Å²) in [5, 5.41) is 12.0. The largest absolute Gasteiger partial charge is 0.325 e. The Bertz CT molecular complexity index is 1350. The van der Waals surface area contributed by atoms with Crippen molar-refractivity contribution in [2.24, 2.45) is 5.92 Å². The quantitative estimate of drug-likeness (QED) is 0.461. The number of nitrogens with zero attached hydrogens (tertiary/aromatic N) is 4. The summed E-state index contributed by atoms with van der Waals surface area (Å²) in [4.78, 5) is 25.4. The van der Waals surface area contributed by atoms with Gasteiger partial charge in [-0.05, 0) is 48.7 Å². The summed E-state index contributed by atoms with van der Waals surface area (Å²) in [5.74, 6) is -0.00124. The van der Waals surface area contributed by atoms with Crippen LogP contribution in [0, 0.1) is 18.7 Å². The molecule has 0 bridgehead atoms. The van der Waals surface area contributed by atoms with Gasteiger partial charge in [-0.15, -0.1) is 10.2 Å². The number of fused-ring (bicyclic) bond motifs is 3. The first-order chi connectivity index (χ1) is 14.8. The molecule has 2 heterocycles. The number of halogens is 1. The molecule has 2 aromatic heterocycles. The van der Waals surface area contributed by atoms with Gasteiger partial charge in [0, 0.05) is 12.2 Å². The van der Waals surface area contributed by atoms with Crippen LogP contribution in [0.2, 0.25) is 0 Å². The van der Waals surface area contributed by atoms with Gasteiger partial charge in [-0.25, -0.2) is 4.39 Å². The molecule has 1 amide bonds. The van der Waals surface area contributed by atoms with Gasteiger partial charge in [-0.1, -0.05) is 37.7 Å². The van der Waals surface area contributed by atoms with Crippen molar-refractivity contribution >= 4 is 40.0 Å². The number of hydrogen-bond acceptors (Lipinski definition) is 5. The van der Waals surface area contributed by atoms with E-state index in [1.54, 1.807) is 10.5 Å². The Morgan fingerprint density at radius 1 is 1.19 bits per heavy atom. The Hall–Kier alpha value is -3.20. The smallest absolute Gasteiger partial charge is 0.262 e. The normalized spacial score (nSPS) is 11.5. The van der Waals surface area contributed by atoms with Gasteiger partial charge in [-0.2, -0.15) is 0 Å². The van der Waals surface area contributed by atoms with Gasteiger partial charge in [-0.3, -0.25) is 18.6 Å². The first-order valence-electron chi connectivity index (χ1n) is 9.90. The fourth-order valence-electron chi connectivity index (χ4n) is 3.43. The number of thioether (sulfide) groups is 1. The van der Waals surface area contributed by atoms with E-state index in [0.29, 0.717) is 23.0 Å². The minimum Gasteiger partial charge on any atom is -0.325 e. The van der Waals surface area contributed by atoms with Crippen LogP contribution in [0.1, 0.15) is 19.4 Å². The van der Waals surface area contributed by atoms with Gasteiger partial charge in [0.05, 0.1) is 16.7 Å². The van der Waals surface area contributed by atoms with Crippen molar-refractivity contribution in [2.75, 3.05) is 11.1 Å². The number of nitrogens with one attached hydrogen (secondary N) is 1. The van der Waals surface area contributed by atoms with Crippen LogP contribution in [-0.4, -0.2) is 30.8 Å². The summed E-state index contributed by atoms with van der Waals surface area (Å²) in [7, 11) is 0. The average molecular weight is 440 g/mol. The maximum atomic E-state index is 13.9. The maximum absolute atomic E-state index is 13.9. The fraction of sp³-hybridized carbons (Fsp3) is 0.273. The number of rotatable bonds is 6. The van der Waals surface area contributed by atoms with Crippen LogP contribution in [0.5, 0.6) is 0 Å². The molecule has 2 aromatic carbocycles. The van der Waals surface area contributed by atoms with Crippen molar-refractivity contribution in [2.45, 2.75) is 32.5 Å². The molecule has 0 saturated heterocycles. The zero-order valence-electron chi connectivity index (χ0n) is 17.4. The van der Waals surface area contributed by atoms with Crippen molar-refractivity contribution < 1.29 is 9.18 Å². The fourth-order valence-corrected chi connectivity index (χ4v) is 4.17. The third kappa shape index (κ3) is 4.32. The number of aryl methyl sites for hydroxylation is 1. The Morgan fingerprint density at radius 3 is 2.74 bits per heavy atom. The monoisotopic (exact) mass is 439 g/mol. The van der Waals surface area contributed by atoms with Crippen LogP contribution >= 0.6 is 11.8 Å². The molecule has 160 valence electrons. The lowest BCUT2D eigenvalue weighted by Crippen LogP contribution is -2.25. The van der Waals surface area contributed by atoms with Crippen LogP contribution < -0.4 is 10.9 Å². The van der Waals surface area contributed by atoms with E-state index in [2.05, 4.69) is 15.5 Å². The first kappa shape index (κ1) is 21.0. The highest BCUT2D eigenvalue weighted by Crippen LogP contribution is 2.23. The van der Waals surface area contributed by atoms with Gasteiger partial charge in [0.1, 0.15) is 5.82 Å². The standard InChI is InChI=1S/C22H22FN5O2S/c1-13(2)11-27-20(30)17-10-15(23)7-8-18(17)28-21(27)25-26-22(28)31-12-19(29)24-16-6-4-5-14(3)9-16/h4-10,13H,11-12H2,1-3H3,(H,24,29). The van der Waals surface area contributed by atoms with E-state index < -0.39 is 5.82 Å². The highest BCUT2D eigenvalue weighted by atomic mass is 32.2. The van der Waals surface area contributed by atoms with E-state index in [-0.39, 0.29) is 28.5 Å². The van der Waals surface area contributed by atoms with Crippen molar-refractivity contribution in [3.05, 3.63) is 64.2 Å². The lowest BCUT2D eigenvalue weighted by Gasteiger charge is -2.13. The van der Waals surface area contributed by atoms with Crippen LogP contribution in [0.25, 0.3) is 16.7 Å². The summed E-state index contributed by atoms with van der Waals surface area (Å²) < 4.78 is 17.1. The number of anilines is 1. The minimum absolute atomic E-state index is 0.112. The zero-order valence-corrected chi connectivity index (χ0v) is 18.2. The number of carbonyl (C=O) groups is 1. The number of hydrogen-bond donors (Lipinski definition) is 1. The molecule has 31 heavy (non-hydrogen) atoms. The van der Waals surface area contributed by atoms with Crippen molar-refractivity contribution in [1.29, 1.82) is 0 Å². The van der Waals surface area contributed by atoms with Gasteiger partial charge in [0.25, 0.3) is 5.56 Å². The molecule has 0 aliphatic rings. The number of aromatic nitrogens is 4. The second-order valence-electron chi connectivity index (χ2n) is 7.80. The maximum Gasteiger partial charge on any atom is 0.262 e. The second-order valence-corrected chi connectivity index (χ2v) is 8.74. The Kier molecular flexibility index (Phi) is 5.77. The van der Waals surface area contributed by atoms with Crippen LogP contribution in [0.15, 0.2) is 52.4 Å². The summed E-state index contributed by atoms with van der Waals surface area (Å²) >= 11 is 1.21. The van der Waals surface area contributed by atoms with E-state index >= 15 is 0 Å². The Morgan fingerprint density at radius 2 is 2.00 bits per heavy atom. The van der Waals surface area contributed by atoms with Crippen LogP contribution in [0.4, 0.5) is 10.1 Å². The lowest BCUT2D eigenvalue weighted by molar-refractivity contribution is -0.113. The molecule has 0 atom stereocenters. The number of carbonyl (C=O) groups excluding carboxylic acids is 1. The molecule has 0 fully saturated rings. The molecule has 0 unspecified atom stereocenters. The molecule has 4 rings (SSSR count). The Labute approximate surface area is 182 Å². The van der Waals surface area contributed by atoms with E-state index in [4.69, 9.17) is 0 Å². The third-order valence-corrected chi connectivity index (χ3v) is 5.64. The van der Waals surface area contributed by atoms with Crippen molar-refractivity contribution in [3.8, 4) is 0 Å². The Balaban J connectivity index is 1.70. The molecular formula is C22H22FN5O2S. The van der Waals surface area contributed by atoms with Crippen molar-refractivity contribution in [1.82, 2.24) is 19.2 Å². The van der Waals surface area contributed by atoms with E-state index in [1.807, 2.05) is 45.0 Å². The molecule has 1 N–H and O–H groups in total. The third-order valence-electron chi connectivity index (χ3n) is 4.71. The molecule has 0 aliphatic heterocycles. The number of benzene rings is 2. The molecule has 0 radical (unpaired) electrons. The summed E-state index contributed by atoms with van der Waals surface area (Å²) in [6.07, 6.45) is 0. The summed E-state index contributed by atoms with van der Waals surface area (Å²) in [6.45, 7) is 6.35.